The smallest absolute Gasteiger partial charge is 0.156 e. The maximum atomic E-state index is 13.1. The Morgan fingerprint density at radius 2 is 1.86 bits per heavy atom. The predicted molar refractivity (Wildman–Crippen MR) is 88.9 cm³/mol. The van der Waals surface area contributed by atoms with Gasteiger partial charge in [0.05, 0.1) is 10.5 Å². The number of sulfone groups is 1. The van der Waals surface area contributed by atoms with E-state index in [9.17, 15) is 8.42 Å². The summed E-state index contributed by atoms with van der Waals surface area (Å²) in [4.78, 5) is 0. The molecule has 124 valence electrons. The molecule has 0 aliphatic heterocycles. The van der Waals surface area contributed by atoms with Crippen LogP contribution in [0.3, 0.4) is 0 Å². The van der Waals surface area contributed by atoms with E-state index in [1.807, 2.05) is 0 Å². The van der Waals surface area contributed by atoms with E-state index < -0.39 is 9.84 Å². The maximum absolute atomic E-state index is 13.1. The average molecular weight is 316 g/mol. The molecule has 5 unspecified atom stereocenters. The van der Waals surface area contributed by atoms with Crippen LogP contribution < -0.4 is 5.73 Å². The van der Waals surface area contributed by atoms with Crippen LogP contribution >= 0.6 is 0 Å². The second kappa shape index (κ2) is 7.45. The van der Waals surface area contributed by atoms with Gasteiger partial charge in [-0.3, -0.25) is 0 Å². The van der Waals surface area contributed by atoms with Crippen molar-refractivity contribution in [2.24, 2.45) is 23.5 Å². The van der Waals surface area contributed by atoms with Crippen LogP contribution in [0.25, 0.3) is 0 Å². The SMILES string of the molecule is CCCC1CCC(CN)C(S(=O)(=O)C2CCCC(C)C2)C1. The van der Waals surface area contributed by atoms with Crippen molar-refractivity contribution in [1.82, 2.24) is 0 Å². The average Bonchev–Trinajstić information content (AvgIpc) is 2.47. The standard InChI is InChI=1S/C17H33NO2S/c1-3-5-14-8-9-15(12-18)17(11-14)21(19,20)16-7-4-6-13(2)10-16/h13-17H,3-12,18H2,1-2H3. The molecule has 0 radical (unpaired) electrons. The Morgan fingerprint density at radius 3 is 2.48 bits per heavy atom. The molecule has 0 bridgehead atoms. The minimum Gasteiger partial charge on any atom is -0.330 e. The first-order valence-electron chi connectivity index (χ1n) is 8.91. The van der Waals surface area contributed by atoms with Crippen molar-refractivity contribution in [2.45, 2.75) is 82.1 Å². The first kappa shape index (κ1) is 17.3. The zero-order valence-corrected chi connectivity index (χ0v) is 14.6. The van der Waals surface area contributed by atoms with E-state index in [0.717, 1.165) is 38.5 Å². The van der Waals surface area contributed by atoms with Gasteiger partial charge in [-0.15, -0.1) is 0 Å². The van der Waals surface area contributed by atoms with Crippen LogP contribution in [0.2, 0.25) is 0 Å². The number of hydrogen-bond acceptors (Lipinski definition) is 3. The van der Waals surface area contributed by atoms with Crippen LogP contribution in [0, 0.1) is 17.8 Å². The van der Waals surface area contributed by atoms with Crippen LogP contribution in [-0.2, 0) is 9.84 Å². The van der Waals surface area contributed by atoms with Crippen LogP contribution in [0.15, 0.2) is 0 Å². The van der Waals surface area contributed by atoms with Crippen molar-refractivity contribution < 1.29 is 8.42 Å². The molecular weight excluding hydrogens is 282 g/mol. The molecule has 0 amide bonds. The summed E-state index contributed by atoms with van der Waals surface area (Å²) >= 11 is 0. The minimum atomic E-state index is -3.01. The quantitative estimate of drug-likeness (QED) is 0.844. The number of nitrogens with two attached hydrogens (primary N) is 1. The summed E-state index contributed by atoms with van der Waals surface area (Å²) in [5.74, 6) is 1.35. The third-order valence-electron chi connectivity index (χ3n) is 5.81. The van der Waals surface area contributed by atoms with E-state index >= 15 is 0 Å². The Balaban J connectivity index is 2.13. The second-order valence-electron chi connectivity index (χ2n) is 7.48. The Morgan fingerprint density at radius 1 is 1.10 bits per heavy atom. The molecule has 2 fully saturated rings. The molecule has 3 nitrogen and oxygen atoms in total. The van der Waals surface area contributed by atoms with Gasteiger partial charge in [0, 0.05) is 0 Å². The summed E-state index contributed by atoms with van der Waals surface area (Å²) < 4.78 is 26.3. The molecule has 2 saturated carbocycles. The van der Waals surface area contributed by atoms with E-state index in [1.54, 1.807) is 0 Å². The molecule has 0 saturated heterocycles. The van der Waals surface area contributed by atoms with Gasteiger partial charge >= 0.3 is 0 Å². The first-order valence-corrected chi connectivity index (χ1v) is 10.5. The zero-order valence-electron chi connectivity index (χ0n) is 13.8. The molecular formula is C17H33NO2S. The lowest BCUT2D eigenvalue weighted by Crippen LogP contribution is -2.45. The van der Waals surface area contributed by atoms with Crippen molar-refractivity contribution in [3.8, 4) is 0 Å². The largest absolute Gasteiger partial charge is 0.330 e. The fourth-order valence-corrected chi connectivity index (χ4v) is 7.45. The van der Waals surface area contributed by atoms with Gasteiger partial charge in [0.1, 0.15) is 0 Å². The maximum Gasteiger partial charge on any atom is 0.156 e. The van der Waals surface area contributed by atoms with Gasteiger partial charge < -0.3 is 5.73 Å². The molecule has 0 aromatic heterocycles. The van der Waals surface area contributed by atoms with E-state index in [-0.39, 0.29) is 16.4 Å². The zero-order chi connectivity index (χ0) is 15.5. The lowest BCUT2D eigenvalue weighted by atomic mass is 9.80. The second-order valence-corrected chi connectivity index (χ2v) is 9.94. The molecule has 2 aliphatic carbocycles. The Hall–Kier alpha value is -0.0900. The van der Waals surface area contributed by atoms with Crippen LogP contribution in [0.4, 0.5) is 0 Å². The molecule has 5 atom stereocenters. The van der Waals surface area contributed by atoms with E-state index in [1.165, 1.54) is 19.3 Å². The van der Waals surface area contributed by atoms with E-state index in [0.29, 0.717) is 18.4 Å². The molecule has 2 N–H and O–H groups in total. The molecule has 2 aliphatic rings. The summed E-state index contributed by atoms with van der Waals surface area (Å²) in [6.45, 7) is 4.93. The lowest BCUT2D eigenvalue weighted by Gasteiger charge is -2.38. The van der Waals surface area contributed by atoms with Gasteiger partial charge in [-0.1, -0.05) is 46.0 Å². The first-order chi connectivity index (χ1) is 9.98. The molecule has 0 aromatic rings. The highest BCUT2D eigenvalue weighted by Crippen LogP contribution is 2.39. The van der Waals surface area contributed by atoms with E-state index in [2.05, 4.69) is 13.8 Å². The van der Waals surface area contributed by atoms with Gasteiger partial charge in [-0.2, -0.15) is 0 Å². The monoisotopic (exact) mass is 315 g/mol. The van der Waals surface area contributed by atoms with Gasteiger partial charge in [0.25, 0.3) is 0 Å². The fourth-order valence-electron chi connectivity index (χ4n) is 4.54. The van der Waals surface area contributed by atoms with Crippen molar-refractivity contribution in [1.29, 1.82) is 0 Å². The highest BCUT2D eigenvalue weighted by atomic mass is 32.2. The van der Waals surface area contributed by atoms with E-state index in [4.69, 9.17) is 5.73 Å². The number of rotatable bonds is 5. The summed E-state index contributed by atoms with van der Waals surface area (Å²) in [6.07, 6.45) is 9.38. The minimum absolute atomic E-state index is 0.0966. The lowest BCUT2D eigenvalue weighted by molar-refractivity contribution is 0.264. The van der Waals surface area contributed by atoms with Crippen molar-refractivity contribution in [3.63, 3.8) is 0 Å². The highest BCUT2D eigenvalue weighted by molar-refractivity contribution is 7.92. The normalized spacial score (nSPS) is 38.3. The third-order valence-corrected chi connectivity index (χ3v) is 8.59. The van der Waals surface area contributed by atoms with Crippen LogP contribution in [0.5, 0.6) is 0 Å². The molecule has 0 heterocycles. The summed E-state index contributed by atoms with van der Waals surface area (Å²) in [6, 6.07) is 0. The number of hydrogen-bond donors (Lipinski definition) is 1. The van der Waals surface area contributed by atoms with Gasteiger partial charge in [-0.05, 0) is 50.0 Å². The summed E-state index contributed by atoms with van der Waals surface area (Å²) in [7, 11) is -3.01. The molecule has 0 spiro atoms. The topological polar surface area (TPSA) is 60.2 Å². The Labute approximate surface area is 131 Å². The van der Waals surface area contributed by atoms with Gasteiger partial charge in [0.15, 0.2) is 9.84 Å². The molecule has 2 rings (SSSR count). The van der Waals surface area contributed by atoms with Gasteiger partial charge in [-0.25, -0.2) is 8.42 Å². The molecule has 21 heavy (non-hydrogen) atoms. The fraction of sp³-hybridized carbons (Fsp3) is 1.00. The van der Waals surface area contributed by atoms with Crippen molar-refractivity contribution in [3.05, 3.63) is 0 Å². The summed E-state index contributed by atoms with van der Waals surface area (Å²) in [5, 5.41) is -0.260. The highest BCUT2D eigenvalue weighted by Gasteiger charge is 2.42. The third kappa shape index (κ3) is 4.01. The molecule has 0 aromatic carbocycles. The Bertz CT molecular complexity index is 421. The summed E-state index contributed by atoms with van der Waals surface area (Å²) in [5.41, 5.74) is 5.90. The Kier molecular flexibility index (Phi) is 6.13. The predicted octanol–water partition coefficient (Wildman–Crippen LogP) is 3.52. The van der Waals surface area contributed by atoms with Crippen LogP contribution in [0.1, 0.15) is 71.6 Å². The van der Waals surface area contributed by atoms with Gasteiger partial charge in [0.2, 0.25) is 0 Å². The van der Waals surface area contributed by atoms with Crippen molar-refractivity contribution in [2.75, 3.05) is 6.54 Å². The van der Waals surface area contributed by atoms with Crippen molar-refractivity contribution >= 4 is 9.84 Å². The molecule has 4 heteroatoms. The van der Waals surface area contributed by atoms with Crippen LogP contribution in [-0.4, -0.2) is 25.5 Å².